The third-order valence-electron chi connectivity index (χ3n) is 3.98. The van der Waals surface area contributed by atoms with Crippen molar-refractivity contribution in [3.05, 3.63) is 58.0 Å². The Hall–Kier alpha value is -3.01. The van der Waals surface area contributed by atoms with E-state index >= 15 is 0 Å². The van der Waals surface area contributed by atoms with Crippen LogP contribution in [0.15, 0.2) is 30.6 Å². The lowest BCUT2D eigenvalue weighted by molar-refractivity contribution is -0.137. The molecular weight excluding hydrogens is 392 g/mol. The van der Waals surface area contributed by atoms with Gasteiger partial charge < -0.3 is 26.6 Å². The van der Waals surface area contributed by atoms with Crippen molar-refractivity contribution in [2.45, 2.75) is 25.6 Å². The van der Waals surface area contributed by atoms with Crippen LogP contribution in [0.25, 0.3) is 11.5 Å². The van der Waals surface area contributed by atoms with Gasteiger partial charge in [0.2, 0.25) is 0 Å². The highest BCUT2D eigenvalue weighted by molar-refractivity contribution is 5.69. The van der Waals surface area contributed by atoms with E-state index in [4.69, 9.17) is 16.2 Å². The number of aromatic nitrogens is 1. The second kappa shape index (κ2) is 8.16. The number of nitrogens with zero attached hydrogens (tertiary/aromatic N) is 1. The predicted molar refractivity (Wildman–Crippen MR) is 100 cm³/mol. The van der Waals surface area contributed by atoms with Crippen molar-refractivity contribution < 1.29 is 27.4 Å². The standard InChI is InChI=1S/C19H22F4N4O2/c1-18(2,28)9-27-17(25)12-8-26-5-4-11(12)16(24)15-13(20)6-10(19(21,22)23)7-14(15)29-3/h4-8,27-28H,9,24-25H2,1-3H3/b16-11-,17-12+. The SMILES string of the molecule is COc1cc(C(F)(F)F)cc(F)c1/C(N)=c1\ccnc\c1=C(\N)NCC(C)(C)O. The second-order valence-electron chi connectivity index (χ2n) is 6.95. The molecule has 0 amide bonds. The molecular formula is C19H22F4N4O2. The summed E-state index contributed by atoms with van der Waals surface area (Å²) in [5.41, 5.74) is 9.36. The molecule has 1 heterocycles. The van der Waals surface area contributed by atoms with Crippen LogP contribution >= 0.6 is 0 Å². The summed E-state index contributed by atoms with van der Waals surface area (Å²) < 4.78 is 58.5. The first-order chi connectivity index (χ1) is 13.3. The molecule has 158 valence electrons. The van der Waals surface area contributed by atoms with Crippen molar-refractivity contribution in [2.75, 3.05) is 13.7 Å². The highest BCUT2D eigenvalue weighted by Gasteiger charge is 2.33. The molecule has 6 nitrogen and oxygen atoms in total. The number of ether oxygens (including phenoxy) is 1. The van der Waals surface area contributed by atoms with E-state index in [1.807, 2.05) is 0 Å². The topological polar surface area (TPSA) is 106 Å². The summed E-state index contributed by atoms with van der Waals surface area (Å²) in [5.74, 6) is -1.47. The predicted octanol–water partition coefficient (Wildman–Crippen LogP) is 0.748. The number of pyridine rings is 1. The maximum Gasteiger partial charge on any atom is 0.416 e. The van der Waals surface area contributed by atoms with Gasteiger partial charge in [-0.3, -0.25) is 4.98 Å². The van der Waals surface area contributed by atoms with Gasteiger partial charge in [-0.15, -0.1) is 0 Å². The zero-order valence-corrected chi connectivity index (χ0v) is 16.1. The van der Waals surface area contributed by atoms with Gasteiger partial charge in [-0.25, -0.2) is 4.39 Å². The van der Waals surface area contributed by atoms with Gasteiger partial charge in [-0.2, -0.15) is 13.2 Å². The number of hydrogen-bond donors (Lipinski definition) is 4. The van der Waals surface area contributed by atoms with Gasteiger partial charge in [-0.1, -0.05) is 0 Å². The normalized spacial score (nSPS) is 14.3. The fourth-order valence-corrected chi connectivity index (χ4v) is 2.55. The number of nitrogens with two attached hydrogens (primary N) is 2. The van der Waals surface area contributed by atoms with Crippen LogP contribution in [0.5, 0.6) is 5.75 Å². The largest absolute Gasteiger partial charge is 0.496 e. The quantitative estimate of drug-likeness (QED) is 0.538. The molecule has 0 aliphatic carbocycles. The molecule has 2 rings (SSSR count). The number of hydrogen-bond acceptors (Lipinski definition) is 6. The van der Waals surface area contributed by atoms with Crippen LogP contribution in [0, 0.1) is 5.82 Å². The molecule has 0 saturated carbocycles. The molecule has 10 heteroatoms. The highest BCUT2D eigenvalue weighted by atomic mass is 19.4. The lowest BCUT2D eigenvalue weighted by Crippen LogP contribution is -2.42. The maximum absolute atomic E-state index is 14.6. The zero-order valence-electron chi connectivity index (χ0n) is 16.1. The average molecular weight is 414 g/mol. The maximum atomic E-state index is 14.6. The lowest BCUT2D eigenvalue weighted by atomic mass is 10.0. The number of methoxy groups -OCH3 is 1. The molecule has 0 bridgehead atoms. The van der Waals surface area contributed by atoms with Gasteiger partial charge in [0.05, 0.1) is 29.5 Å². The molecule has 0 aliphatic rings. The van der Waals surface area contributed by atoms with Gasteiger partial charge in [0.15, 0.2) is 0 Å². The molecule has 1 aromatic carbocycles. The summed E-state index contributed by atoms with van der Waals surface area (Å²) in [6, 6.07) is 2.47. The minimum absolute atomic E-state index is 0.101. The van der Waals surface area contributed by atoms with Crippen LogP contribution in [0.4, 0.5) is 17.6 Å². The van der Waals surface area contributed by atoms with Crippen LogP contribution in [0.3, 0.4) is 0 Å². The number of rotatable bonds is 5. The van der Waals surface area contributed by atoms with Crippen LogP contribution in [-0.2, 0) is 6.18 Å². The summed E-state index contributed by atoms with van der Waals surface area (Å²) in [6.07, 6.45) is -2.00. The Morgan fingerprint density at radius 1 is 1.21 bits per heavy atom. The Morgan fingerprint density at radius 3 is 2.41 bits per heavy atom. The van der Waals surface area contributed by atoms with Crippen molar-refractivity contribution in [1.29, 1.82) is 0 Å². The number of alkyl halides is 3. The van der Waals surface area contributed by atoms with Crippen molar-refractivity contribution in [3.8, 4) is 5.75 Å². The minimum Gasteiger partial charge on any atom is -0.496 e. The number of aliphatic hydroxyl groups is 1. The zero-order chi connectivity index (χ0) is 22.0. The van der Waals surface area contributed by atoms with E-state index in [2.05, 4.69) is 10.3 Å². The summed E-state index contributed by atoms with van der Waals surface area (Å²) in [4.78, 5) is 3.95. The molecule has 0 unspecified atom stereocenters. The number of nitrogens with one attached hydrogen (secondary N) is 1. The molecule has 1 aromatic heterocycles. The smallest absolute Gasteiger partial charge is 0.416 e. The summed E-state index contributed by atoms with van der Waals surface area (Å²) in [7, 11) is 1.12. The first-order valence-corrected chi connectivity index (χ1v) is 8.46. The van der Waals surface area contributed by atoms with Crippen molar-refractivity contribution in [1.82, 2.24) is 10.3 Å². The van der Waals surface area contributed by atoms with Gasteiger partial charge in [-0.05, 0) is 32.0 Å². The van der Waals surface area contributed by atoms with E-state index in [0.717, 1.165) is 7.11 Å². The Kier molecular flexibility index (Phi) is 6.27. The molecule has 6 N–H and O–H groups in total. The first kappa shape index (κ1) is 22.3. The molecule has 0 atom stereocenters. The molecule has 2 aromatic rings. The molecule has 0 fully saturated rings. The fourth-order valence-electron chi connectivity index (χ4n) is 2.55. The van der Waals surface area contributed by atoms with Gasteiger partial charge >= 0.3 is 6.18 Å². The van der Waals surface area contributed by atoms with Crippen LogP contribution in [0.1, 0.15) is 25.0 Å². The third-order valence-corrected chi connectivity index (χ3v) is 3.98. The Bertz CT molecular complexity index is 1010. The summed E-state index contributed by atoms with van der Waals surface area (Å²) in [5, 5.41) is 13.2. The Morgan fingerprint density at radius 2 is 1.86 bits per heavy atom. The number of halogens is 4. The molecule has 0 spiro atoms. The van der Waals surface area contributed by atoms with E-state index in [-0.39, 0.29) is 39.8 Å². The minimum atomic E-state index is -4.75. The van der Waals surface area contributed by atoms with Crippen LogP contribution < -0.4 is 32.0 Å². The van der Waals surface area contributed by atoms with E-state index < -0.39 is 23.2 Å². The Labute approximate surface area is 164 Å². The lowest BCUT2D eigenvalue weighted by Gasteiger charge is -2.18. The summed E-state index contributed by atoms with van der Waals surface area (Å²) >= 11 is 0. The molecule has 0 aliphatic heterocycles. The monoisotopic (exact) mass is 414 g/mol. The van der Waals surface area contributed by atoms with E-state index in [0.29, 0.717) is 12.1 Å². The van der Waals surface area contributed by atoms with E-state index in [1.165, 1.54) is 18.5 Å². The highest BCUT2D eigenvalue weighted by Crippen LogP contribution is 2.35. The van der Waals surface area contributed by atoms with Crippen LogP contribution in [0.2, 0.25) is 0 Å². The third kappa shape index (κ3) is 5.29. The van der Waals surface area contributed by atoms with E-state index in [9.17, 15) is 22.7 Å². The van der Waals surface area contributed by atoms with Crippen molar-refractivity contribution in [2.24, 2.45) is 11.5 Å². The molecule has 0 radical (unpaired) electrons. The molecule has 0 saturated heterocycles. The van der Waals surface area contributed by atoms with Gasteiger partial charge in [0.25, 0.3) is 0 Å². The molecule has 29 heavy (non-hydrogen) atoms. The second-order valence-corrected chi connectivity index (χ2v) is 6.95. The van der Waals surface area contributed by atoms with E-state index in [1.54, 1.807) is 13.8 Å². The average Bonchev–Trinajstić information content (AvgIpc) is 2.63. The summed E-state index contributed by atoms with van der Waals surface area (Å²) in [6.45, 7) is 3.24. The van der Waals surface area contributed by atoms with Gasteiger partial charge in [0.1, 0.15) is 17.4 Å². The van der Waals surface area contributed by atoms with Crippen LogP contribution in [-0.4, -0.2) is 29.3 Å². The van der Waals surface area contributed by atoms with Gasteiger partial charge in [0, 0.05) is 29.4 Å². The van der Waals surface area contributed by atoms with Crippen molar-refractivity contribution in [3.63, 3.8) is 0 Å². The Balaban J connectivity index is 2.76. The number of benzene rings is 1. The first-order valence-electron chi connectivity index (χ1n) is 8.46. The van der Waals surface area contributed by atoms with Crippen molar-refractivity contribution >= 4 is 11.5 Å². The fraction of sp³-hybridized carbons (Fsp3) is 0.316.